The van der Waals surface area contributed by atoms with E-state index < -0.39 is 0 Å². The van der Waals surface area contributed by atoms with Crippen molar-refractivity contribution in [3.05, 3.63) is 23.3 Å². The number of nitrogens with one attached hydrogen (secondary N) is 1. The van der Waals surface area contributed by atoms with Gasteiger partial charge in [-0.25, -0.2) is 0 Å². The average molecular weight is 250 g/mol. The van der Waals surface area contributed by atoms with Crippen LogP contribution in [0, 0.1) is 6.92 Å². The Morgan fingerprint density at radius 1 is 1.28 bits per heavy atom. The molecule has 0 saturated heterocycles. The van der Waals surface area contributed by atoms with Crippen molar-refractivity contribution in [2.75, 3.05) is 20.8 Å². The van der Waals surface area contributed by atoms with Crippen molar-refractivity contribution in [2.45, 2.75) is 31.8 Å². The molecule has 0 aliphatic heterocycles. The minimum absolute atomic E-state index is 0.0353. The van der Waals surface area contributed by atoms with Crippen LogP contribution >= 0.6 is 0 Å². The third-order valence-corrected chi connectivity index (χ3v) is 3.53. The van der Waals surface area contributed by atoms with Gasteiger partial charge in [0.05, 0.1) is 14.2 Å². The summed E-state index contributed by atoms with van der Waals surface area (Å²) in [4.78, 5) is 0. The van der Waals surface area contributed by atoms with E-state index in [1.54, 1.807) is 14.2 Å². The van der Waals surface area contributed by atoms with E-state index in [4.69, 9.17) is 15.2 Å². The topological polar surface area (TPSA) is 56.5 Å². The fraction of sp³-hybridized carbons (Fsp3) is 0.571. The van der Waals surface area contributed by atoms with Gasteiger partial charge < -0.3 is 20.5 Å². The molecule has 100 valence electrons. The van der Waals surface area contributed by atoms with Crippen LogP contribution in [0.1, 0.15) is 24.0 Å². The van der Waals surface area contributed by atoms with Gasteiger partial charge in [-0.15, -0.1) is 0 Å². The van der Waals surface area contributed by atoms with Gasteiger partial charge in [0.25, 0.3) is 0 Å². The van der Waals surface area contributed by atoms with Gasteiger partial charge in [0.15, 0.2) is 0 Å². The molecule has 1 aromatic carbocycles. The largest absolute Gasteiger partial charge is 0.497 e. The summed E-state index contributed by atoms with van der Waals surface area (Å²) in [6.07, 6.45) is 2.25. The second kappa shape index (κ2) is 5.16. The summed E-state index contributed by atoms with van der Waals surface area (Å²) in [6.45, 7) is 3.71. The van der Waals surface area contributed by atoms with Gasteiger partial charge in [-0.2, -0.15) is 0 Å². The zero-order chi connectivity index (χ0) is 13.2. The summed E-state index contributed by atoms with van der Waals surface area (Å²) in [5.74, 6) is 1.69. The molecule has 1 aromatic rings. The molecule has 3 N–H and O–H groups in total. The van der Waals surface area contributed by atoms with Crippen molar-refractivity contribution in [2.24, 2.45) is 5.73 Å². The molecular formula is C14H22N2O2. The molecule has 1 fully saturated rings. The quantitative estimate of drug-likeness (QED) is 0.805. The highest BCUT2D eigenvalue weighted by atomic mass is 16.5. The Morgan fingerprint density at radius 3 is 2.56 bits per heavy atom. The van der Waals surface area contributed by atoms with Gasteiger partial charge >= 0.3 is 0 Å². The second-order valence-electron chi connectivity index (χ2n) is 5.09. The van der Waals surface area contributed by atoms with Crippen LogP contribution in [-0.2, 0) is 6.54 Å². The van der Waals surface area contributed by atoms with Crippen LogP contribution in [0.5, 0.6) is 11.5 Å². The molecule has 4 nitrogen and oxygen atoms in total. The van der Waals surface area contributed by atoms with Crippen LogP contribution in [0.25, 0.3) is 0 Å². The molecule has 0 amide bonds. The number of methoxy groups -OCH3 is 2. The van der Waals surface area contributed by atoms with Crippen LogP contribution in [0.4, 0.5) is 0 Å². The normalized spacial score (nSPS) is 16.4. The van der Waals surface area contributed by atoms with Crippen molar-refractivity contribution in [3.63, 3.8) is 0 Å². The molecule has 1 aliphatic carbocycles. The Hall–Kier alpha value is -1.26. The maximum atomic E-state index is 6.05. The number of nitrogens with two attached hydrogens (primary N) is 1. The van der Waals surface area contributed by atoms with Crippen LogP contribution in [0.15, 0.2) is 12.1 Å². The molecule has 0 heterocycles. The summed E-state index contributed by atoms with van der Waals surface area (Å²) in [7, 11) is 3.35. The van der Waals surface area contributed by atoms with E-state index in [1.807, 2.05) is 12.1 Å². The van der Waals surface area contributed by atoms with E-state index in [0.717, 1.165) is 37.4 Å². The van der Waals surface area contributed by atoms with E-state index in [0.29, 0.717) is 0 Å². The van der Waals surface area contributed by atoms with Gasteiger partial charge in [0, 0.05) is 30.3 Å². The first-order chi connectivity index (χ1) is 8.58. The van der Waals surface area contributed by atoms with Crippen molar-refractivity contribution in [1.82, 2.24) is 5.32 Å². The Labute approximate surface area is 108 Å². The lowest BCUT2D eigenvalue weighted by Crippen LogP contribution is -2.35. The Kier molecular flexibility index (Phi) is 3.78. The van der Waals surface area contributed by atoms with Crippen molar-refractivity contribution in [1.29, 1.82) is 0 Å². The Bertz CT molecular complexity index is 428. The highest BCUT2D eigenvalue weighted by Gasteiger charge is 2.37. The third kappa shape index (κ3) is 2.94. The summed E-state index contributed by atoms with van der Waals surface area (Å²) < 4.78 is 10.7. The first kappa shape index (κ1) is 13.2. The minimum atomic E-state index is 0.0353. The molecule has 0 bridgehead atoms. The highest BCUT2D eigenvalue weighted by Crippen LogP contribution is 2.32. The predicted molar refractivity (Wildman–Crippen MR) is 72.1 cm³/mol. The van der Waals surface area contributed by atoms with E-state index in [-0.39, 0.29) is 5.54 Å². The monoisotopic (exact) mass is 250 g/mol. The smallest absolute Gasteiger partial charge is 0.127 e. The van der Waals surface area contributed by atoms with Crippen LogP contribution in [-0.4, -0.2) is 26.3 Å². The van der Waals surface area contributed by atoms with E-state index >= 15 is 0 Å². The van der Waals surface area contributed by atoms with E-state index in [1.165, 1.54) is 11.1 Å². The summed E-state index contributed by atoms with van der Waals surface area (Å²) in [6, 6.07) is 3.94. The SMILES string of the molecule is COc1cc(C)c(CNCC2(N)CC2)c(OC)c1. The molecule has 18 heavy (non-hydrogen) atoms. The fourth-order valence-corrected chi connectivity index (χ4v) is 2.05. The average Bonchev–Trinajstić information content (AvgIpc) is 3.09. The molecule has 2 rings (SSSR count). The lowest BCUT2D eigenvalue weighted by molar-refractivity contribution is 0.388. The standard InChI is InChI=1S/C14H22N2O2/c1-10-6-11(17-2)7-13(18-3)12(10)8-16-9-14(15)4-5-14/h6-7,16H,4-5,8-9,15H2,1-3H3. The second-order valence-corrected chi connectivity index (χ2v) is 5.09. The van der Waals surface area contributed by atoms with Gasteiger partial charge in [-0.05, 0) is 31.4 Å². The first-order valence-electron chi connectivity index (χ1n) is 6.29. The van der Waals surface area contributed by atoms with Gasteiger partial charge in [0.1, 0.15) is 11.5 Å². The molecule has 4 heteroatoms. The number of hydrogen-bond acceptors (Lipinski definition) is 4. The Balaban J connectivity index is 2.05. The van der Waals surface area contributed by atoms with Gasteiger partial charge in [-0.1, -0.05) is 0 Å². The van der Waals surface area contributed by atoms with Crippen LogP contribution < -0.4 is 20.5 Å². The van der Waals surface area contributed by atoms with Crippen molar-refractivity contribution >= 4 is 0 Å². The number of benzene rings is 1. The van der Waals surface area contributed by atoms with Gasteiger partial charge in [0.2, 0.25) is 0 Å². The molecule has 0 unspecified atom stereocenters. The Morgan fingerprint density at radius 2 is 2.00 bits per heavy atom. The van der Waals surface area contributed by atoms with Gasteiger partial charge in [-0.3, -0.25) is 0 Å². The number of aryl methyl sites for hydroxylation is 1. The molecule has 0 aromatic heterocycles. The summed E-state index contributed by atoms with van der Waals surface area (Å²) in [5.41, 5.74) is 8.42. The maximum absolute atomic E-state index is 6.05. The molecule has 1 saturated carbocycles. The number of ether oxygens (including phenoxy) is 2. The zero-order valence-electron chi connectivity index (χ0n) is 11.4. The molecule has 1 aliphatic rings. The van der Waals surface area contributed by atoms with Crippen molar-refractivity contribution in [3.8, 4) is 11.5 Å². The zero-order valence-corrected chi connectivity index (χ0v) is 11.4. The predicted octanol–water partition coefficient (Wildman–Crippen LogP) is 1.59. The third-order valence-electron chi connectivity index (χ3n) is 3.53. The molecule has 0 spiro atoms. The summed E-state index contributed by atoms with van der Waals surface area (Å²) in [5, 5.41) is 3.41. The van der Waals surface area contributed by atoms with Crippen LogP contribution in [0.2, 0.25) is 0 Å². The van der Waals surface area contributed by atoms with E-state index in [2.05, 4.69) is 12.2 Å². The minimum Gasteiger partial charge on any atom is -0.497 e. The maximum Gasteiger partial charge on any atom is 0.127 e. The molecule has 0 radical (unpaired) electrons. The first-order valence-corrected chi connectivity index (χ1v) is 6.29. The lowest BCUT2D eigenvalue weighted by atomic mass is 10.1. The highest BCUT2D eigenvalue weighted by molar-refractivity contribution is 5.46. The van der Waals surface area contributed by atoms with Crippen LogP contribution in [0.3, 0.4) is 0 Å². The van der Waals surface area contributed by atoms with E-state index in [9.17, 15) is 0 Å². The summed E-state index contributed by atoms with van der Waals surface area (Å²) >= 11 is 0. The van der Waals surface area contributed by atoms with Crippen molar-refractivity contribution < 1.29 is 9.47 Å². The fourth-order valence-electron chi connectivity index (χ4n) is 2.05. The molecule has 0 atom stereocenters. The number of hydrogen-bond donors (Lipinski definition) is 2. The molecular weight excluding hydrogens is 228 g/mol. The number of rotatable bonds is 6. The lowest BCUT2D eigenvalue weighted by Gasteiger charge is -2.16.